The SMILES string of the molecule is OC[C@@H](NC1CCC2CN(Cc3ccccc3)CC21)c1ccccc1. The molecule has 3 heteroatoms. The standard InChI is InChI=1S/C22H28N2O/c25-16-22(18-9-5-2-6-10-18)23-21-12-11-19-14-24(15-20(19)21)13-17-7-3-1-4-8-17/h1-10,19-23,25H,11-16H2/t19?,20?,21?,22-/m1/s1. The van der Waals surface area contributed by atoms with Gasteiger partial charge >= 0.3 is 0 Å². The van der Waals surface area contributed by atoms with Crippen LogP contribution in [-0.2, 0) is 6.54 Å². The summed E-state index contributed by atoms with van der Waals surface area (Å²) >= 11 is 0. The summed E-state index contributed by atoms with van der Waals surface area (Å²) in [5.41, 5.74) is 2.59. The minimum atomic E-state index is 0.0492. The molecule has 2 aliphatic rings. The predicted octanol–water partition coefficient (Wildman–Crippen LogP) is 3.22. The summed E-state index contributed by atoms with van der Waals surface area (Å²) in [6.07, 6.45) is 2.54. The quantitative estimate of drug-likeness (QED) is 0.850. The number of fused-ring (bicyclic) bond motifs is 1. The second-order valence-corrected chi connectivity index (χ2v) is 7.60. The fraction of sp³-hybridized carbons (Fsp3) is 0.455. The molecule has 2 N–H and O–H groups in total. The molecule has 1 aliphatic heterocycles. The number of aliphatic hydroxyl groups excluding tert-OH is 1. The zero-order chi connectivity index (χ0) is 17.1. The average molecular weight is 336 g/mol. The molecule has 3 unspecified atom stereocenters. The van der Waals surface area contributed by atoms with Crippen molar-refractivity contribution in [2.45, 2.75) is 31.5 Å². The van der Waals surface area contributed by atoms with Gasteiger partial charge in [0, 0.05) is 25.7 Å². The highest BCUT2D eigenvalue weighted by atomic mass is 16.3. The van der Waals surface area contributed by atoms with Crippen LogP contribution in [0.3, 0.4) is 0 Å². The van der Waals surface area contributed by atoms with Crippen LogP contribution < -0.4 is 5.32 Å². The van der Waals surface area contributed by atoms with Crippen LogP contribution in [0.4, 0.5) is 0 Å². The Bertz CT molecular complexity index is 660. The van der Waals surface area contributed by atoms with Gasteiger partial charge in [0.15, 0.2) is 0 Å². The third-order valence-electron chi connectivity index (χ3n) is 5.98. The number of nitrogens with one attached hydrogen (secondary N) is 1. The van der Waals surface area contributed by atoms with Crippen molar-refractivity contribution in [3.63, 3.8) is 0 Å². The van der Waals surface area contributed by atoms with E-state index in [0.717, 1.165) is 12.5 Å². The van der Waals surface area contributed by atoms with Gasteiger partial charge in [0.25, 0.3) is 0 Å². The molecule has 4 atom stereocenters. The van der Waals surface area contributed by atoms with E-state index in [-0.39, 0.29) is 12.6 Å². The van der Waals surface area contributed by atoms with Crippen LogP contribution in [0.25, 0.3) is 0 Å². The van der Waals surface area contributed by atoms with Crippen molar-refractivity contribution in [1.82, 2.24) is 10.2 Å². The molecule has 1 aliphatic carbocycles. The van der Waals surface area contributed by atoms with Crippen molar-refractivity contribution in [3.8, 4) is 0 Å². The Morgan fingerprint density at radius 3 is 2.40 bits per heavy atom. The van der Waals surface area contributed by atoms with Gasteiger partial charge in [0.1, 0.15) is 0 Å². The number of rotatable bonds is 6. The predicted molar refractivity (Wildman–Crippen MR) is 101 cm³/mol. The zero-order valence-corrected chi connectivity index (χ0v) is 14.7. The number of likely N-dealkylation sites (tertiary alicyclic amines) is 1. The van der Waals surface area contributed by atoms with E-state index in [1.807, 2.05) is 18.2 Å². The Balaban J connectivity index is 1.38. The number of hydrogen-bond donors (Lipinski definition) is 2. The lowest BCUT2D eigenvalue weighted by Crippen LogP contribution is -2.39. The first-order valence-electron chi connectivity index (χ1n) is 9.51. The Kier molecular flexibility index (Phi) is 5.16. The fourth-order valence-electron chi connectivity index (χ4n) is 4.73. The van der Waals surface area contributed by atoms with E-state index in [2.05, 4.69) is 52.7 Å². The largest absolute Gasteiger partial charge is 0.394 e. The molecule has 1 heterocycles. The molecule has 2 fully saturated rings. The molecule has 0 radical (unpaired) electrons. The normalized spacial score (nSPS) is 27.3. The summed E-state index contributed by atoms with van der Waals surface area (Å²) < 4.78 is 0. The van der Waals surface area contributed by atoms with Crippen molar-refractivity contribution >= 4 is 0 Å². The van der Waals surface area contributed by atoms with Crippen LogP contribution in [-0.4, -0.2) is 35.7 Å². The van der Waals surface area contributed by atoms with E-state index in [1.165, 1.54) is 37.1 Å². The second kappa shape index (κ2) is 7.69. The van der Waals surface area contributed by atoms with E-state index in [9.17, 15) is 5.11 Å². The summed E-state index contributed by atoms with van der Waals surface area (Å²) in [7, 11) is 0. The van der Waals surface area contributed by atoms with Gasteiger partial charge in [-0.25, -0.2) is 0 Å². The third kappa shape index (κ3) is 3.79. The fourth-order valence-corrected chi connectivity index (χ4v) is 4.73. The maximum atomic E-state index is 9.85. The summed E-state index contributed by atoms with van der Waals surface area (Å²) in [6.45, 7) is 3.60. The van der Waals surface area contributed by atoms with Crippen LogP contribution in [0.2, 0.25) is 0 Å². The molecular formula is C22H28N2O. The number of aliphatic hydroxyl groups is 1. The molecule has 0 spiro atoms. The maximum Gasteiger partial charge on any atom is 0.0626 e. The molecule has 1 saturated carbocycles. The first-order chi connectivity index (χ1) is 12.3. The van der Waals surface area contributed by atoms with Crippen molar-refractivity contribution in [3.05, 3.63) is 71.8 Å². The van der Waals surface area contributed by atoms with Gasteiger partial charge < -0.3 is 10.4 Å². The highest BCUT2D eigenvalue weighted by Crippen LogP contribution is 2.39. The van der Waals surface area contributed by atoms with Gasteiger partial charge in [0.2, 0.25) is 0 Å². The van der Waals surface area contributed by atoms with Gasteiger partial charge in [-0.1, -0.05) is 60.7 Å². The Hall–Kier alpha value is -1.68. The smallest absolute Gasteiger partial charge is 0.0626 e. The summed E-state index contributed by atoms with van der Waals surface area (Å²) in [6, 6.07) is 21.7. The molecule has 4 rings (SSSR count). The third-order valence-corrected chi connectivity index (χ3v) is 5.98. The van der Waals surface area contributed by atoms with E-state index in [4.69, 9.17) is 0 Å². The molecule has 0 aromatic heterocycles. The van der Waals surface area contributed by atoms with Gasteiger partial charge in [-0.15, -0.1) is 0 Å². The number of hydrogen-bond acceptors (Lipinski definition) is 3. The average Bonchev–Trinajstić information content (AvgIpc) is 3.22. The lowest BCUT2D eigenvalue weighted by molar-refractivity contribution is 0.216. The molecule has 3 nitrogen and oxygen atoms in total. The topological polar surface area (TPSA) is 35.5 Å². The molecule has 132 valence electrons. The van der Waals surface area contributed by atoms with Gasteiger partial charge in [-0.05, 0) is 35.8 Å². The van der Waals surface area contributed by atoms with Crippen molar-refractivity contribution < 1.29 is 5.11 Å². The molecule has 1 saturated heterocycles. The van der Waals surface area contributed by atoms with Gasteiger partial charge in [-0.2, -0.15) is 0 Å². The minimum Gasteiger partial charge on any atom is -0.394 e. The summed E-state index contributed by atoms with van der Waals surface area (Å²) in [5.74, 6) is 1.51. The van der Waals surface area contributed by atoms with E-state index in [1.54, 1.807) is 0 Å². The monoisotopic (exact) mass is 336 g/mol. The number of nitrogens with zero attached hydrogens (tertiary/aromatic N) is 1. The lowest BCUT2D eigenvalue weighted by atomic mass is 9.96. The second-order valence-electron chi connectivity index (χ2n) is 7.60. The van der Waals surface area contributed by atoms with Gasteiger partial charge in [0.05, 0.1) is 12.6 Å². The van der Waals surface area contributed by atoms with E-state index < -0.39 is 0 Å². The highest BCUT2D eigenvalue weighted by Gasteiger charge is 2.42. The van der Waals surface area contributed by atoms with Crippen LogP contribution in [0.5, 0.6) is 0 Å². The number of benzene rings is 2. The maximum absolute atomic E-state index is 9.85. The van der Waals surface area contributed by atoms with E-state index >= 15 is 0 Å². The first-order valence-corrected chi connectivity index (χ1v) is 9.51. The van der Waals surface area contributed by atoms with Crippen molar-refractivity contribution in [2.75, 3.05) is 19.7 Å². The van der Waals surface area contributed by atoms with Crippen LogP contribution >= 0.6 is 0 Å². The zero-order valence-electron chi connectivity index (χ0n) is 14.7. The Morgan fingerprint density at radius 1 is 0.960 bits per heavy atom. The molecular weight excluding hydrogens is 308 g/mol. The molecule has 2 aromatic carbocycles. The summed E-state index contributed by atoms with van der Waals surface area (Å²) in [4.78, 5) is 2.61. The van der Waals surface area contributed by atoms with Crippen molar-refractivity contribution in [1.29, 1.82) is 0 Å². The Labute approximate surface area is 150 Å². The molecule has 0 amide bonds. The van der Waals surface area contributed by atoms with Crippen molar-refractivity contribution in [2.24, 2.45) is 11.8 Å². The molecule has 25 heavy (non-hydrogen) atoms. The van der Waals surface area contributed by atoms with Gasteiger partial charge in [-0.3, -0.25) is 4.90 Å². The highest BCUT2D eigenvalue weighted by molar-refractivity contribution is 5.19. The molecule has 2 aromatic rings. The minimum absolute atomic E-state index is 0.0492. The van der Waals surface area contributed by atoms with Crippen LogP contribution in [0, 0.1) is 11.8 Å². The lowest BCUT2D eigenvalue weighted by Gasteiger charge is -2.26. The first kappa shape index (κ1) is 16.8. The Morgan fingerprint density at radius 2 is 1.68 bits per heavy atom. The van der Waals surface area contributed by atoms with Crippen LogP contribution in [0.1, 0.15) is 30.0 Å². The van der Waals surface area contributed by atoms with Crippen LogP contribution in [0.15, 0.2) is 60.7 Å². The summed E-state index contributed by atoms with van der Waals surface area (Å²) in [5, 5.41) is 13.6. The molecule has 0 bridgehead atoms. The van der Waals surface area contributed by atoms with E-state index in [0.29, 0.717) is 12.0 Å².